The van der Waals surface area contributed by atoms with Gasteiger partial charge in [0.1, 0.15) is 0 Å². The molecule has 4 rings (SSSR count). The van der Waals surface area contributed by atoms with E-state index in [0.29, 0.717) is 35.6 Å². The minimum atomic E-state index is -0.930. The maximum absolute atomic E-state index is 13.5. The van der Waals surface area contributed by atoms with Crippen LogP contribution in [-0.2, 0) is 6.54 Å². The lowest BCUT2D eigenvalue weighted by molar-refractivity contribution is 0.102. The molecule has 158 valence electrons. The fourth-order valence-corrected chi connectivity index (χ4v) is 3.57. The smallest absolute Gasteiger partial charge is 0.322 e. The number of amides is 3. The third-order valence-electron chi connectivity index (χ3n) is 5.12. The lowest BCUT2D eigenvalue weighted by Gasteiger charge is -2.36. The van der Waals surface area contributed by atoms with Crippen molar-refractivity contribution in [3.63, 3.8) is 0 Å². The van der Waals surface area contributed by atoms with Gasteiger partial charge in [-0.3, -0.25) is 9.69 Å². The molecule has 0 unspecified atom stereocenters. The van der Waals surface area contributed by atoms with E-state index in [2.05, 4.69) is 5.32 Å². The van der Waals surface area contributed by atoms with E-state index in [1.54, 1.807) is 58.3 Å². The minimum Gasteiger partial charge on any atom is -0.322 e. The van der Waals surface area contributed by atoms with E-state index in [4.69, 9.17) is 0 Å². The van der Waals surface area contributed by atoms with Gasteiger partial charge < -0.3 is 10.2 Å². The molecule has 0 aromatic heterocycles. The van der Waals surface area contributed by atoms with Crippen molar-refractivity contribution in [3.8, 4) is 0 Å². The number of nitrogens with zero attached hydrogens (tertiary/aromatic N) is 2. The summed E-state index contributed by atoms with van der Waals surface area (Å²) in [6.07, 6.45) is 0.732. The van der Waals surface area contributed by atoms with Gasteiger partial charge >= 0.3 is 6.03 Å². The molecule has 0 saturated carbocycles. The molecule has 3 aromatic rings. The number of hydrogen-bond acceptors (Lipinski definition) is 2. The van der Waals surface area contributed by atoms with Crippen LogP contribution in [0.5, 0.6) is 0 Å². The Kier molecular flexibility index (Phi) is 5.93. The summed E-state index contributed by atoms with van der Waals surface area (Å²) >= 11 is 0. The first-order valence-corrected chi connectivity index (χ1v) is 9.98. The number of carbonyl (C=O) groups is 2. The van der Waals surface area contributed by atoms with E-state index in [-0.39, 0.29) is 18.5 Å². The van der Waals surface area contributed by atoms with E-state index < -0.39 is 11.6 Å². The number of urea groups is 1. The van der Waals surface area contributed by atoms with Crippen molar-refractivity contribution in [2.45, 2.75) is 13.0 Å². The van der Waals surface area contributed by atoms with Gasteiger partial charge in [0, 0.05) is 36.6 Å². The lowest BCUT2D eigenvalue weighted by Crippen LogP contribution is -2.49. The Balaban J connectivity index is 1.48. The molecule has 0 radical (unpaired) electrons. The quantitative estimate of drug-likeness (QED) is 0.627. The molecule has 3 aromatic carbocycles. The zero-order valence-electron chi connectivity index (χ0n) is 16.7. The molecular formula is C24H21F2N3O2. The topological polar surface area (TPSA) is 52.7 Å². The van der Waals surface area contributed by atoms with Crippen molar-refractivity contribution in [1.82, 2.24) is 4.90 Å². The van der Waals surface area contributed by atoms with Gasteiger partial charge in [0.2, 0.25) is 0 Å². The molecule has 1 N–H and O–H groups in total. The molecule has 1 heterocycles. The van der Waals surface area contributed by atoms with E-state index in [1.165, 1.54) is 6.07 Å². The molecule has 1 fully saturated rings. The summed E-state index contributed by atoms with van der Waals surface area (Å²) in [6.45, 7) is 1.25. The van der Waals surface area contributed by atoms with Crippen molar-refractivity contribution in [2.24, 2.45) is 0 Å². The van der Waals surface area contributed by atoms with Crippen LogP contribution < -0.4 is 10.2 Å². The third kappa shape index (κ3) is 4.71. The fourth-order valence-electron chi connectivity index (χ4n) is 3.57. The van der Waals surface area contributed by atoms with Crippen LogP contribution in [0.15, 0.2) is 72.8 Å². The predicted molar refractivity (Wildman–Crippen MR) is 115 cm³/mol. The maximum Gasteiger partial charge on any atom is 0.324 e. The van der Waals surface area contributed by atoms with Crippen LogP contribution in [0.4, 0.5) is 25.0 Å². The summed E-state index contributed by atoms with van der Waals surface area (Å²) in [5, 5.41) is 2.85. The van der Waals surface area contributed by atoms with E-state index in [0.717, 1.165) is 18.6 Å². The standard InChI is InChI=1S/C24H21F2N3O2/c25-21-11-10-17(14-22(21)26)16-28-12-5-13-29(24(28)31)20-9-4-8-19(15-20)27-23(30)18-6-2-1-3-7-18/h1-4,6-11,14-15H,5,12-13,16H2,(H,27,30). The first-order valence-electron chi connectivity index (χ1n) is 9.98. The molecule has 31 heavy (non-hydrogen) atoms. The largest absolute Gasteiger partial charge is 0.324 e. The summed E-state index contributed by atoms with van der Waals surface area (Å²) < 4.78 is 26.7. The van der Waals surface area contributed by atoms with Gasteiger partial charge in [0.05, 0.1) is 0 Å². The maximum atomic E-state index is 13.5. The number of anilines is 2. The molecule has 0 spiro atoms. The number of benzene rings is 3. The highest BCUT2D eigenvalue weighted by Crippen LogP contribution is 2.25. The van der Waals surface area contributed by atoms with Crippen LogP contribution in [0.3, 0.4) is 0 Å². The average Bonchev–Trinajstić information content (AvgIpc) is 2.78. The molecule has 7 heteroatoms. The van der Waals surface area contributed by atoms with Gasteiger partial charge in [-0.1, -0.05) is 30.3 Å². The van der Waals surface area contributed by atoms with Gasteiger partial charge in [0.25, 0.3) is 5.91 Å². The second kappa shape index (κ2) is 8.95. The number of rotatable bonds is 5. The third-order valence-corrected chi connectivity index (χ3v) is 5.12. The average molecular weight is 421 g/mol. The predicted octanol–water partition coefficient (Wildman–Crippen LogP) is 5.05. The highest BCUT2D eigenvalue weighted by Gasteiger charge is 2.27. The number of carbonyl (C=O) groups excluding carboxylic acids is 2. The summed E-state index contributed by atoms with van der Waals surface area (Å²) in [5.41, 5.74) is 2.31. The Morgan fingerprint density at radius 2 is 1.71 bits per heavy atom. The van der Waals surface area contributed by atoms with Crippen LogP contribution in [-0.4, -0.2) is 29.9 Å². The monoisotopic (exact) mass is 421 g/mol. The molecule has 0 bridgehead atoms. The summed E-state index contributed by atoms with van der Waals surface area (Å²) in [5.74, 6) is -2.08. The highest BCUT2D eigenvalue weighted by atomic mass is 19.2. The van der Waals surface area contributed by atoms with Crippen molar-refractivity contribution in [2.75, 3.05) is 23.3 Å². The van der Waals surface area contributed by atoms with Gasteiger partial charge in [0.15, 0.2) is 11.6 Å². The molecular weight excluding hydrogens is 400 g/mol. The lowest BCUT2D eigenvalue weighted by atomic mass is 10.1. The summed E-state index contributed by atoms with van der Waals surface area (Å²) in [7, 11) is 0. The Morgan fingerprint density at radius 1 is 0.903 bits per heavy atom. The van der Waals surface area contributed by atoms with Crippen LogP contribution in [0.1, 0.15) is 22.3 Å². The van der Waals surface area contributed by atoms with E-state index >= 15 is 0 Å². The molecule has 0 atom stereocenters. The van der Waals surface area contributed by atoms with E-state index in [9.17, 15) is 18.4 Å². The second-order valence-corrected chi connectivity index (χ2v) is 7.33. The minimum absolute atomic E-state index is 0.191. The normalized spacial score (nSPS) is 13.9. The molecule has 1 saturated heterocycles. The van der Waals surface area contributed by atoms with Gasteiger partial charge in [-0.05, 0) is 54.4 Å². The first-order chi connectivity index (χ1) is 15.0. The Morgan fingerprint density at radius 3 is 2.48 bits per heavy atom. The van der Waals surface area contributed by atoms with Gasteiger partial charge in [-0.25, -0.2) is 13.6 Å². The van der Waals surface area contributed by atoms with Crippen molar-refractivity contribution >= 4 is 23.3 Å². The van der Waals surface area contributed by atoms with Crippen LogP contribution in [0, 0.1) is 11.6 Å². The molecule has 1 aliphatic rings. The Bertz CT molecular complexity index is 1100. The Labute approximate surface area is 178 Å². The van der Waals surface area contributed by atoms with Gasteiger partial charge in [-0.2, -0.15) is 0 Å². The van der Waals surface area contributed by atoms with Crippen LogP contribution in [0.2, 0.25) is 0 Å². The zero-order valence-corrected chi connectivity index (χ0v) is 16.7. The van der Waals surface area contributed by atoms with Crippen molar-refractivity contribution < 1.29 is 18.4 Å². The number of hydrogen-bond donors (Lipinski definition) is 1. The fraction of sp³-hybridized carbons (Fsp3) is 0.167. The molecule has 1 aliphatic heterocycles. The second-order valence-electron chi connectivity index (χ2n) is 7.33. The van der Waals surface area contributed by atoms with Crippen molar-refractivity contribution in [3.05, 3.63) is 95.6 Å². The SMILES string of the molecule is O=C(Nc1cccc(N2CCCN(Cc3ccc(F)c(F)c3)C2=O)c1)c1ccccc1. The number of halogens is 2. The summed E-state index contributed by atoms with van der Waals surface area (Å²) in [4.78, 5) is 28.7. The highest BCUT2D eigenvalue weighted by molar-refractivity contribution is 6.04. The zero-order chi connectivity index (χ0) is 21.8. The summed E-state index contributed by atoms with van der Waals surface area (Å²) in [6, 6.07) is 19.4. The molecule has 5 nitrogen and oxygen atoms in total. The van der Waals surface area contributed by atoms with Crippen LogP contribution in [0.25, 0.3) is 0 Å². The van der Waals surface area contributed by atoms with E-state index in [1.807, 2.05) is 6.07 Å². The first kappa shape index (κ1) is 20.5. The Hall–Kier alpha value is -3.74. The molecule has 3 amide bonds. The van der Waals surface area contributed by atoms with Gasteiger partial charge in [-0.15, -0.1) is 0 Å². The molecule has 0 aliphatic carbocycles. The van der Waals surface area contributed by atoms with Crippen LogP contribution >= 0.6 is 0 Å². The number of nitrogens with one attached hydrogen (secondary N) is 1. The van der Waals surface area contributed by atoms with Crippen molar-refractivity contribution in [1.29, 1.82) is 0 Å².